The lowest BCUT2D eigenvalue weighted by molar-refractivity contribution is -0.135. The largest absolute Gasteiger partial charge is 0.367 e. The molecule has 0 radical (unpaired) electrons. The maximum absolute atomic E-state index is 12.0. The van der Waals surface area contributed by atoms with E-state index >= 15 is 0 Å². The minimum atomic E-state index is 0.0831. The molecule has 0 spiro atoms. The van der Waals surface area contributed by atoms with Crippen molar-refractivity contribution in [2.75, 3.05) is 18.4 Å². The highest BCUT2D eigenvalue weighted by atomic mass is 32.1. The number of aryl methyl sites for hydroxylation is 1. The zero-order valence-electron chi connectivity index (χ0n) is 13.3. The second-order valence-corrected chi connectivity index (χ2v) is 7.43. The van der Waals surface area contributed by atoms with Crippen molar-refractivity contribution in [1.29, 1.82) is 0 Å². The molecule has 1 N–H and O–H groups in total. The van der Waals surface area contributed by atoms with Gasteiger partial charge in [0.05, 0.1) is 5.39 Å². The molecule has 22 heavy (non-hydrogen) atoms. The molecule has 1 fully saturated rings. The summed E-state index contributed by atoms with van der Waals surface area (Å²) in [7, 11) is 0. The first-order chi connectivity index (χ1) is 10.5. The van der Waals surface area contributed by atoms with Crippen molar-refractivity contribution < 1.29 is 4.79 Å². The fraction of sp³-hybridized carbons (Fsp3) is 0.562. The van der Waals surface area contributed by atoms with Crippen LogP contribution in [-0.2, 0) is 4.79 Å². The smallest absolute Gasteiger partial charge is 0.225 e. The highest BCUT2D eigenvalue weighted by molar-refractivity contribution is 7.18. The highest BCUT2D eigenvalue weighted by Gasteiger charge is 2.24. The van der Waals surface area contributed by atoms with Crippen LogP contribution in [0.25, 0.3) is 10.2 Å². The lowest BCUT2D eigenvalue weighted by atomic mass is 10.0. The van der Waals surface area contributed by atoms with Gasteiger partial charge < -0.3 is 10.2 Å². The normalized spacial score (nSPS) is 16.5. The molecule has 118 valence electrons. The molecule has 2 aromatic rings. The first-order valence-electron chi connectivity index (χ1n) is 7.81. The lowest BCUT2D eigenvalue weighted by Gasteiger charge is -2.33. The molecule has 5 nitrogen and oxygen atoms in total. The summed E-state index contributed by atoms with van der Waals surface area (Å²) in [5.41, 5.74) is 0. The Morgan fingerprint density at radius 1 is 1.36 bits per heavy atom. The summed E-state index contributed by atoms with van der Waals surface area (Å²) in [4.78, 5) is 25.0. The molecule has 0 unspecified atom stereocenters. The highest BCUT2D eigenvalue weighted by Crippen LogP contribution is 2.28. The molecule has 1 aliphatic heterocycles. The monoisotopic (exact) mass is 318 g/mol. The van der Waals surface area contributed by atoms with Crippen LogP contribution < -0.4 is 5.32 Å². The van der Waals surface area contributed by atoms with Gasteiger partial charge in [-0.25, -0.2) is 9.97 Å². The maximum atomic E-state index is 12.0. The average molecular weight is 318 g/mol. The number of amides is 1. The SMILES string of the molecule is Cc1cc2c(NC3CCN(C(=O)C(C)C)CC3)ncnc2s1. The van der Waals surface area contributed by atoms with Crippen molar-refractivity contribution in [3.8, 4) is 0 Å². The third-order valence-electron chi connectivity index (χ3n) is 4.09. The molecule has 2 aromatic heterocycles. The van der Waals surface area contributed by atoms with Crippen LogP contribution in [0.4, 0.5) is 5.82 Å². The van der Waals surface area contributed by atoms with Gasteiger partial charge in [-0.2, -0.15) is 0 Å². The second kappa shape index (κ2) is 6.20. The Morgan fingerprint density at radius 2 is 2.09 bits per heavy atom. The van der Waals surface area contributed by atoms with Crippen LogP contribution in [0.15, 0.2) is 12.4 Å². The van der Waals surface area contributed by atoms with E-state index in [1.807, 2.05) is 18.7 Å². The number of aromatic nitrogens is 2. The summed E-state index contributed by atoms with van der Waals surface area (Å²) in [6.07, 6.45) is 3.55. The van der Waals surface area contributed by atoms with E-state index in [2.05, 4.69) is 28.3 Å². The average Bonchev–Trinajstić information content (AvgIpc) is 2.88. The number of hydrogen-bond acceptors (Lipinski definition) is 5. The fourth-order valence-corrected chi connectivity index (χ4v) is 3.74. The number of nitrogens with one attached hydrogen (secondary N) is 1. The summed E-state index contributed by atoms with van der Waals surface area (Å²) in [6.45, 7) is 7.66. The van der Waals surface area contributed by atoms with E-state index in [-0.39, 0.29) is 11.8 Å². The third kappa shape index (κ3) is 3.06. The predicted molar refractivity (Wildman–Crippen MR) is 90.2 cm³/mol. The number of rotatable bonds is 3. The molecule has 0 aromatic carbocycles. The molecule has 0 aliphatic carbocycles. The number of anilines is 1. The van der Waals surface area contributed by atoms with Crippen LogP contribution in [0.5, 0.6) is 0 Å². The first kappa shape index (κ1) is 15.2. The van der Waals surface area contributed by atoms with Crippen LogP contribution in [0.2, 0.25) is 0 Å². The van der Waals surface area contributed by atoms with Gasteiger partial charge in [-0.3, -0.25) is 4.79 Å². The Balaban J connectivity index is 1.66. The van der Waals surface area contributed by atoms with Crippen molar-refractivity contribution in [2.24, 2.45) is 5.92 Å². The quantitative estimate of drug-likeness (QED) is 0.945. The minimum absolute atomic E-state index is 0.0831. The number of carbonyl (C=O) groups excluding carboxylic acids is 1. The van der Waals surface area contributed by atoms with Gasteiger partial charge in [0.25, 0.3) is 0 Å². The number of carbonyl (C=O) groups is 1. The minimum Gasteiger partial charge on any atom is -0.367 e. The number of fused-ring (bicyclic) bond motifs is 1. The van der Waals surface area contributed by atoms with Crippen LogP contribution in [-0.4, -0.2) is 39.9 Å². The molecule has 0 atom stereocenters. The fourth-order valence-electron chi connectivity index (χ4n) is 2.89. The molecule has 3 rings (SSSR count). The van der Waals surface area contributed by atoms with Gasteiger partial charge >= 0.3 is 0 Å². The first-order valence-corrected chi connectivity index (χ1v) is 8.62. The summed E-state index contributed by atoms with van der Waals surface area (Å²) in [5.74, 6) is 1.26. The summed E-state index contributed by atoms with van der Waals surface area (Å²) < 4.78 is 0. The Labute approximate surface area is 134 Å². The van der Waals surface area contributed by atoms with Gasteiger partial charge in [-0.1, -0.05) is 13.8 Å². The standard InChI is InChI=1S/C16H22N4OS/c1-10(2)16(21)20-6-4-12(5-7-20)19-14-13-8-11(3)22-15(13)18-9-17-14/h8-10,12H,4-7H2,1-3H3,(H,17,18,19). The summed E-state index contributed by atoms with van der Waals surface area (Å²) >= 11 is 1.69. The van der Waals surface area contributed by atoms with Crippen LogP contribution in [0, 0.1) is 12.8 Å². The van der Waals surface area contributed by atoms with E-state index < -0.39 is 0 Å². The molecule has 6 heteroatoms. The Kier molecular flexibility index (Phi) is 4.29. The van der Waals surface area contributed by atoms with Gasteiger partial charge in [-0.05, 0) is 25.8 Å². The van der Waals surface area contributed by atoms with Gasteiger partial charge in [0.2, 0.25) is 5.91 Å². The zero-order chi connectivity index (χ0) is 15.7. The second-order valence-electron chi connectivity index (χ2n) is 6.20. The van der Waals surface area contributed by atoms with Gasteiger partial charge in [-0.15, -0.1) is 11.3 Å². The van der Waals surface area contributed by atoms with Gasteiger partial charge in [0.15, 0.2) is 0 Å². The number of hydrogen-bond donors (Lipinski definition) is 1. The molecular weight excluding hydrogens is 296 g/mol. The molecule has 3 heterocycles. The van der Waals surface area contributed by atoms with E-state index in [1.54, 1.807) is 17.7 Å². The Hall–Kier alpha value is -1.69. The van der Waals surface area contributed by atoms with Crippen molar-refractivity contribution in [3.05, 3.63) is 17.3 Å². The van der Waals surface area contributed by atoms with E-state index in [0.29, 0.717) is 6.04 Å². The van der Waals surface area contributed by atoms with Crippen molar-refractivity contribution >= 4 is 33.3 Å². The number of nitrogens with zero attached hydrogens (tertiary/aromatic N) is 3. The molecule has 1 amide bonds. The summed E-state index contributed by atoms with van der Waals surface area (Å²) in [5, 5.41) is 4.65. The van der Waals surface area contributed by atoms with E-state index in [1.165, 1.54) is 4.88 Å². The number of likely N-dealkylation sites (tertiary alicyclic amines) is 1. The van der Waals surface area contributed by atoms with Gasteiger partial charge in [0, 0.05) is 29.9 Å². The predicted octanol–water partition coefficient (Wildman–Crippen LogP) is 3.06. The van der Waals surface area contributed by atoms with Crippen LogP contribution >= 0.6 is 11.3 Å². The molecule has 1 aliphatic rings. The molecule has 1 saturated heterocycles. The van der Waals surface area contributed by atoms with E-state index in [4.69, 9.17) is 0 Å². The molecule has 0 bridgehead atoms. The lowest BCUT2D eigenvalue weighted by Crippen LogP contribution is -2.44. The number of thiophene rings is 1. The Morgan fingerprint density at radius 3 is 2.77 bits per heavy atom. The van der Waals surface area contributed by atoms with Crippen molar-refractivity contribution in [3.63, 3.8) is 0 Å². The Bertz CT molecular complexity index is 674. The molecule has 0 saturated carbocycles. The van der Waals surface area contributed by atoms with Crippen LogP contribution in [0.1, 0.15) is 31.6 Å². The zero-order valence-corrected chi connectivity index (χ0v) is 14.1. The van der Waals surface area contributed by atoms with Crippen molar-refractivity contribution in [1.82, 2.24) is 14.9 Å². The van der Waals surface area contributed by atoms with E-state index in [9.17, 15) is 4.79 Å². The third-order valence-corrected chi connectivity index (χ3v) is 5.05. The van der Waals surface area contributed by atoms with E-state index in [0.717, 1.165) is 42.0 Å². The topological polar surface area (TPSA) is 58.1 Å². The van der Waals surface area contributed by atoms with Crippen LogP contribution in [0.3, 0.4) is 0 Å². The number of piperidine rings is 1. The van der Waals surface area contributed by atoms with Gasteiger partial charge in [0.1, 0.15) is 17.0 Å². The summed E-state index contributed by atoms with van der Waals surface area (Å²) in [6, 6.07) is 2.51. The maximum Gasteiger partial charge on any atom is 0.225 e. The van der Waals surface area contributed by atoms with Crippen molar-refractivity contribution in [2.45, 2.75) is 39.7 Å². The molecular formula is C16H22N4OS.